The Hall–Kier alpha value is -4.92. The van der Waals surface area contributed by atoms with Crippen LogP contribution in [0.15, 0.2) is 58.7 Å². The number of hydrogen-bond acceptors (Lipinski definition) is 9. The summed E-state index contributed by atoms with van der Waals surface area (Å²) >= 11 is 13.6. The number of carbonyl (C=O) groups is 4. The number of ether oxygens (including phenoxy) is 3. The van der Waals surface area contributed by atoms with E-state index in [1.165, 1.54) is 14.2 Å². The number of aromatic amines is 1. The van der Waals surface area contributed by atoms with Gasteiger partial charge in [-0.15, -0.1) is 0 Å². The number of nitrogens with zero attached hydrogens (tertiary/aromatic N) is 4. The summed E-state index contributed by atoms with van der Waals surface area (Å²) in [7, 11) is 2.58. The van der Waals surface area contributed by atoms with Crippen LogP contribution in [0.25, 0.3) is 28.0 Å². The van der Waals surface area contributed by atoms with E-state index in [1.807, 2.05) is 86.0 Å². The number of benzene rings is 2. The number of halogens is 2. The normalized spacial score (nSPS) is 22.9. The van der Waals surface area contributed by atoms with Gasteiger partial charge in [0.05, 0.1) is 26.3 Å². The van der Waals surface area contributed by atoms with E-state index in [4.69, 9.17) is 47.4 Å². The first kappa shape index (κ1) is 44.1. The van der Waals surface area contributed by atoms with Gasteiger partial charge in [-0.1, -0.05) is 85.6 Å². The third-order valence-electron chi connectivity index (χ3n) is 12.7. The number of carbonyl (C=O) groups excluding carboxylic acids is 4. The van der Waals surface area contributed by atoms with Crippen molar-refractivity contribution in [3.8, 4) is 22.4 Å². The molecule has 0 saturated carbocycles. The van der Waals surface area contributed by atoms with Crippen LogP contribution < -0.4 is 10.6 Å². The fourth-order valence-electron chi connectivity index (χ4n) is 9.25. The lowest BCUT2D eigenvalue weighted by Crippen LogP contribution is -2.55. The van der Waals surface area contributed by atoms with E-state index in [-0.39, 0.29) is 47.8 Å². The third kappa shape index (κ3) is 9.31. The van der Waals surface area contributed by atoms with Gasteiger partial charge in [-0.25, -0.2) is 19.6 Å². The van der Waals surface area contributed by atoms with E-state index in [9.17, 15) is 19.2 Å². The Kier molecular flexibility index (Phi) is 13.7. The van der Waals surface area contributed by atoms with Gasteiger partial charge in [0.1, 0.15) is 33.9 Å². The number of imidazole rings is 1. The second-order valence-electron chi connectivity index (χ2n) is 16.8. The van der Waals surface area contributed by atoms with Gasteiger partial charge in [-0.05, 0) is 80.9 Å². The fraction of sp³-hybridized carbons (Fsp3) is 0.511. The van der Waals surface area contributed by atoms with Gasteiger partial charge in [0.2, 0.25) is 11.8 Å². The monoisotopic (exact) mass is 875 g/mol. The molecule has 16 heteroatoms. The molecule has 3 saturated heterocycles. The predicted octanol–water partition coefficient (Wildman–Crippen LogP) is 8.11. The molecule has 4 amide bonds. The first-order chi connectivity index (χ1) is 29.3. The summed E-state index contributed by atoms with van der Waals surface area (Å²) in [5.41, 5.74) is 6.12. The number of likely N-dealkylation sites (tertiary alicyclic amines) is 2. The smallest absolute Gasteiger partial charge is 0.407 e. The van der Waals surface area contributed by atoms with Crippen molar-refractivity contribution in [1.82, 2.24) is 30.4 Å². The second-order valence-corrected chi connectivity index (χ2v) is 17.5. The van der Waals surface area contributed by atoms with Gasteiger partial charge >= 0.3 is 12.2 Å². The maximum absolute atomic E-state index is 14.2. The van der Waals surface area contributed by atoms with E-state index in [1.54, 1.807) is 0 Å². The molecule has 5 heterocycles. The number of allylic oxidation sites excluding steroid dienone is 1. The fourth-order valence-corrected chi connectivity index (χ4v) is 9.78. The van der Waals surface area contributed by atoms with Gasteiger partial charge in [0.25, 0.3) is 0 Å². The summed E-state index contributed by atoms with van der Waals surface area (Å²) in [5, 5.41) is 6.33. The predicted molar refractivity (Wildman–Crippen MR) is 234 cm³/mol. The lowest BCUT2D eigenvalue weighted by molar-refractivity contribution is -0.138. The Morgan fingerprint density at radius 3 is 1.89 bits per heavy atom. The third-order valence-corrected chi connectivity index (χ3v) is 13.2. The SMILES string of the molecule is COC(=O)N[C@H](C(=O)N1[C@@H](C)CC[C@H]1C1=NC(Cl)=C(c2ccc(-c3ccc(-c4nc([C@@H]5CC[C@H](C)N5C(=O)[C@@H](NC(=O)OC)C5CCOCC5)[nH]c4Cl)cc3)cc2)C1)C(C)C. The first-order valence-corrected chi connectivity index (χ1v) is 21.9. The molecule has 6 atom stereocenters. The number of alkyl carbamates (subject to hydrolysis) is 2. The Morgan fingerprint density at radius 2 is 1.30 bits per heavy atom. The summed E-state index contributed by atoms with van der Waals surface area (Å²) in [6.45, 7) is 8.91. The Bertz CT molecular complexity index is 2170. The van der Waals surface area contributed by atoms with Crippen LogP contribution in [0.2, 0.25) is 5.15 Å². The molecule has 326 valence electrons. The molecule has 3 N–H and O–H groups in total. The Morgan fingerprint density at radius 1 is 0.754 bits per heavy atom. The minimum atomic E-state index is -0.741. The quantitative estimate of drug-likeness (QED) is 0.163. The summed E-state index contributed by atoms with van der Waals surface area (Å²) < 4.78 is 15.2. The highest BCUT2D eigenvalue weighted by atomic mass is 35.5. The van der Waals surface area contributed by atoms with Crippen molar-refractivity contribution in [2.45, 2.75) is 109 Å². The van der Waals surface area contributed by atoms with Gasteiger partial charge < -0.3 is 39.6 Å². The average Bonchev–Trinajstić information content (AvgIpc) is 4.06. The minimum absolute atomic E-state index is 0.0174. The van der Waals surface area contributed by atoms with Crippen LogP contribution in [0.1, 0.15) is 90.1 Å². The molecule has 0 aliphatic carbocycles. The van der Waals surface area contributed by atoms with E-state index in [2.05, 4.69) is 15.6 Å². The molecule has 7 rings (SSSR count). The second kappa shape index (κ2) is 19.0. The zero-order valence-electron chi connectivity index (χ0n) is 35.5. The summed E-state index contributed by atoms with van der Waals surface area (Å²) in [5.74, 6) is 0.0812. The topological polar surface area (TPSA) is 168 Å². The highest BCUT2D eigenvalue weighted by molar-refractivity contribution is 6.35. The van der Waals surface area contributed by atoms with Crippen molar-refractivity contribution in [3.05, 3.63) is 70.2 Å². The zero-order valence-corrected chi connectivity index (χ0v) is 37.0. The highest BCUT2D eigenvalue weighted by Crippen LogP contribution is 2.40. The molecule has 0 bridgehead atoms. The first-order valence-electron chi connectivity index (χ1n) is 21.1. The molecule has 4 aliphatic rings. The van der Waals surface area contributed by atoms with Crippen LogP contribution in [-0.4, -0.2) is 107 Å². The molecule has 3 fully saturated rings. The number of aromatic nitrogens is 2. The lowest BCUT2D eigenvalue weighted by Gasteiger charge is -2.36. The molecule has 2 aromatic carbocycles. The summed E-state index contributed by atoms with van der Waals surface area (Å²) in [6, 6.07) is 14.1. The maximum Gasteiger partial charge on any atom is 0.407 e. The van der Waals surface area contributed by atoms with Crippen molar-refractivity contribution in [2.75, 3.05) is 27.4 Å². The van der Waals surface area contributed by atoms with Crippen molar-refractivity contribution in [2.24, 2.45) is 16.8 Å². The van der Waals surface area contributed by atoms with E-state index in [0.29, 0.717) is 60.7 Å². The Labute approximate surface area is 366 Å². The van der Waals surface area contributed by atoms with Gasteiger partial charge in [-0.2, -0.15) is 0 Å². The van der Waals surface area contributed by atoms with E-state index >= 15 is 0 Å². The number of hydrogen-bond donors (Lipinski definition) is 3. The number of H-pyrrole nitrogens is 1. The molecular weight excluding hydrogens is 821 g/mol. The van der Waals surface area contributed by atoms with Crippen LogP contribution in [0.5, 0.6) is 0 Å². The number of aliphatic imine (C=N–C) groups is 1. The number of nitrogens with one attached hydrogen (secondary N) is 3. The molecule has 0 spiro atoms. The number of rotatable bonds is 11. The standard InChI is InChI=1S/C45H55Cl2N7O7/c1-24(2)36(50-44(57)59-5)42(55)53-25(3)7-17-34(53)33-23-32(39(46)48-33)29-13-9-27(10-14-29)28-11-15-30(16-12-28)37-40(47)52-41(49-37)35-18-8-26(4)54(35)43(56)38(51-45(58)60-6)31-19-21-61-22-20-31/h9-16,24-26,31,34-36,38H,7-8,17-23H2,1-6H3,(H,49,52)(H,50,57)(H,51,58)/t25-,26-,34-,35-,36-,38-/m0/s1. The van der Waals surface area contributed by atoms with Crippen LogP contribution in [-0.2, 0) is 23.8 Å². The molecule has 1 aromatic heterocycles. The highest BCUT2D eigenvalue weighted by Gasteiger charge is 2.44. The van der Waals surface area contributed by atoms with E-state index in [0.717, 1.165) is 52.8 Å². The molecule has 61 heavy (non-hydrogen) atoms. The van der Waals surface area contributed by atoms with Gasteiger partial charge in [0.15, 0.2) is 0 Å². The minimum Gasteiger partial charge on any atom is -0.453 e. The molecule has 3 aromatic rings. The molecule has 0 radical (unpaired) electrons. The summed E-state index contributed by atoms with van der Waals surface area (Å²) in [4.78, 5) is 69.2. The van der Waals surface area contributed by atoms with Crippen LogP contribution in [0.4, 0.5) is 9.59 Å². The molecular formula is C45H55Cl2N7O7. The Balaban J connectivity index is 1.02. The lowest BCUT2D eigenvalue weighted by atomic mass is 9.90. The molecule has 4 aliphatic heterocycles. The van der Waals surface area contributed by atoms with Crippen LogP contribution in [0.3, 0.4) is 0 Å². The van der Waals surface area contributed by atoms with Gasteiger partial charge in [-0.3, -0.25) is 9.59 Å². The van der Waals surface area contributed by atoms with Crippen molar-refractivity contribution in [1.29, 1.82) is 0 Å². The number of amides is 4. The van der Waals surface area contributed by atoms with Crippen molar-refractivity contribution in [3.63, 3.8) is 0 Å². The number of methoxy groups -OCH3 is 2. The average molecular weight is 877 g/mol. The van der Waals surface area contributed by atoms with E-state index < -0.39 is 24.3 Å². The van der Waals surface area contributed by atoms with Gasteiger partial charge in [0, 0.05) is 48.6 Å². The summed E-state index contributed by atoms with van der Waals surface area (Å²) in [6.07, 6.45) is 3.63. The van der Waals surface area contributed by atoms with Crippen molar-refractivity contribution >= 4 is 58.5 Å². The largest absolute Gasteiger partial charge is 0.453 e. The maximum atomic E-state index is 14.2. The van der Waals surface area contributed by atoms with Crippen molar-refractivity contribution < 1.29 is 33.4 Å². The molecule has 14 nitrogen and oxygen atoms in total. The van der Waals surface area contributed by atoms with Crippen LogP contribution >= 0.6 is 23.2 Å². The zero-order chi connectivity index (χ0) is 43.5. The molecule has 0 unspecified atom stereocenters. The van der Waals surface area contributed by atoms with Crippen LogP contribution in [0, 0.1) is 11.8 Å².